The van der Waals surface area contributed by atoms with Crippen molar-refractivity contribution in [3.63, 3.8) is 0 Å². The molecule has 0 bridgehead atoms. The van der Waals surface area contributed by atoms with E-state index in [1.54, 1.807) is 6.92 Å². The van der Waals surface area contributed by atoms with E-state index in [1.807, 2.05) is 0 Å². The molecule has 0 N–H and O–H groups in total. The Balaban J connectivity index is 2.71. The summed E-state index contributed by atoms with van der Waals surface area (Å²) >= 11 is 0. The fraction of sp³-hybridized carbons (Fsp3) is 0.231. The molecular formula is C13H11F2NO3. The van der Waals surface area contributed by atoms with Gasteiger partial charge in [0.05, 0.1) is 19.2 Å². The molecule has 0 aliphatic heterocycles. The Morgan fingerprint density at radius 2 is 1.95 bits per heavy atom. The number of hydrogen-bond acceptors (Lipinski definition) is 4. The van der Waals surface area contributed by atoms with Crippen molar-refractivity contribution in [1.29, 1.82) is 0 Å². The lowest BCUT2D eigenvalue weighted by molar-refractivity contribution is 0.0594. The number of carbonyl (C=O) groups is 1. The topological polar surface area (TPSA) is 48.4 Å². The fourth-order valence-electron chi connectivity index (χ4n) is 1.67. The van der Waals surface area contributed by atoms with Gasteiger partial charge in [-0.3, -0.25) is 0 Å². The highest BCUT2D eigenvalue weighted by atomic mass is 19.2. The van der Waals surface area contributed by atoms with Crippen LogP contribution in [0.15, 0.2) is 18.2 Å². The zero-order chi connectivity index (χ0) is 14.0. The van der Waals surface area contributed by atoms with Gasteiger partial charge in [0.2, 0.25) is 0 Å². The first kappa shape index (κ1) is 13.2. The van der Waals surface area contributed by atoms with E-state index in [4.69, 9.17) is 4.74 Å². The average molecular weight is 267 g/mol. The molecule has 0 atom stereocenters. The van der Waals surface area contributed by atoms with E-state index in [0.29, 0.717) is 12.0 Å². The summed E-state index contributed by atoms with van der Waals surface area (Å²) in [6, 6.07) is 3.25. The van der Waals surface area contributed by atoms with Crippen molar-refractivity contribution in [2.75, 3.05) is 13.7 Å². The Hall–Kier alpha value is -2.24. The van der Waals surface area contributed by atoms with Gasteiger partial charge < -0.3 is 9.47 Å². The molecule has 0 saturated heterocycles. The van der Waals surface area contributed by atoms with Crippen molar-refractivity contribution in [2.45, 2.75) is 6.92 Å². The van der Waals surface area contributed by atoms with Crippen molar-refractivity contribution < 1.29 is 23.0 Å². The van der Waals surface area contributed by atoms with Crippen LogP contribution < -0.4 is 4.74 Å². The molecule has 4 nitrogen and oxygen atoms in total. The second-order valence-electron chi connectivity index (χ2n) is 3.71. The first-order valence-corrected chi connectivity index (χ1v) is 5.57. The van der Waals surface area contributed by atoms with Crippen LogP contribution in [-0.2, 0) is 4.74 Å². The molecule has 0 saturated carbocycles. The van der Waals surface area contributed by atoms with Crippen LogP contribution in [0.5, 0.6) is 5.75 Å². The summed E-state index contributed by atoms with van der Waals surface area (Å²) in [6.45, 7) is 2.06. The molecule has 1 aromatic carbocycles. The minimum atomic E-state index is -1.04. The van der Waals surface area contributed by atoms with Gasteiger partial charge in [0, 0.05) is 17.5 Å². The first-order valence-electron chi connectivity index (χ1n) is 5.57. The largest absolute Gasteiger partial charge is 0.493 e. The number of ether oxygens (including phenoxy) is 2. The van der Waals surface area contributed by atoms with Gasteiger partial charge in [-0.05, 0) is 13.0 Å². The second kappa shape index (κ2) is 5.17. The molecule has 0 amide bonds. The quantitative estimate of drug-likeness (QED) is 0.802. The average Bonchev–Trinajstić information content (AvgIpc) is 2.40. The second-order valence-corrected chi connectivity index (χ2v) is 3.71. The summed E-state index contributed by atoms with van der Waals surface area (Å²) in [6.07, 6.45) is 0. The van der Waals surface area contributed by atoms with Crippen LogP contribution in [0.4, 0.5) is 8.78 Å². The maximum absolute atomic E-state index is 13.2. The Bertz CT molecular complexity index is 643. The summed E-state index contributed by atoms with van der Waals surface area (Å²) in [7, 11) is 1.21. The van der Waals surface area contributed by atoms with E-state index in [9.17, 15) is 13.6 Å². The Kier molecular flexibility index (Phi) is 3.59. The number of aromatic nitrogens is 1. The van der Waals surface area contributed by atoms with Gasteiger partial charge in [-0.2, -0.15) is 0 Å². The first-order chi connectivity index (χ1) is 9.06. The normalized spacial score (nSPS) is 10.5. The molecule has 0 fully saturated rings. The SMILES string of the molecule is CCOc1cc(C(=O)OC)nc2cc(F)c(F)cc12. The third-order valence-corrected chi connectivity index (χ3v) is 2.51. The molecule has 0 unspecified atom stereocenters. The minimum Gasteiger partial charge on any atom is -0.493 e. The maximum atomic E-state index is 13.2. The molecular weight excluding hydrogens is 256 g/mol. The lowest BCUT2D eigenvalue weighted by Gasteiger charge is -2.09. The zero-order valence-electron chi connectivity index (χ0n) is 10.4. The summed E-state index contributed by atoms with van der Waals surface area (Å²) < 4.78 is 36.3. The third-order valence-electron chi connectivity index (χ3n) is 2.51. The number of benzene rings is 1. The highest BCUT2D eigenvalue weighted by molar-refractivity contribution is 5.94. The molecule has 2 rings (SSSR count). The van der Waals surface area contributed by atoms with Crippen LogP contribution >= 0.6 is 0 Å². The molecule has 2 aromatic rings. The van der Waals surface area contributed by atoms with Crippen molar-refractivity contribution in [3.05, 3.63) is 35.5 Å². The van der Waals surface area contributed by atoms with Gasteiger partial charge >= 0.3 is 5.97 Å². The monoisotopic (exact) mass is 267 g/mol. The van der Waals surface area contributed by atoms with Gasteiger partial charge in [0.25, 0.3) is 0 Å². The van der Waals surface area contributed by atoms with Crippen molar-refractivity contribution in [3.8, 4) is 5.75 Å². The van der Waals surface area contributed by atoms with Crippen molar-refractivity contribution >= 4 is 16.9 Å². The summed E-state index contributed by atoms with van der Waals surface area (Å²) in [5, 5.41) is 0.299. The Labute approximate surface area is 108 Å². The lowest BCUT2D eigenvalue weighted by atomic mass is 10.1. The van der Waals surface area contributed by atoms with Crippen LogP contribution in [0.1, 0.15) is 17.4 Å². The fourth-order valence-corrected chi connectivity index (χ4v) is 1.67. The number of halogens is 2. The predicted octanol–water partition coefficient (Wildman–Crippen LogP) is 2.70. The Morgan fingerprint density at radius 1 is 1.26 bits per heavy atom. The van der Waals surface area contributed by atoms with Gasteiger partial charge in [-0.25, -0.2) is 18.6 Å². The van der Waals surface area contributed by atoms with Gasteiger partial charge in [-0.1, -0.05) is 0 Å². The van der Waals surface area contributed by atoms with E-state index in [2.05, 4.69) is 9.72 Å². The summed E-state index contributed by atoms with van der Waals surface area (Å²) in [4.78, 5) is 15.4. The smallest absolute Gasteiger partial charge is 0.356 e. The van der Waals surface area contributed by atoms with Crippen LogP contribution in [-0.4, -0.2) is 24.7 Å². The minimum absolute atomic E-state index is 0.0236. The van der Waals surface area contributed by atoms with E-state index in [-0.39, 0.29) is 17.0 Å². The van der Waals surface area contributed by atoms with Crippen LogP contribution in [0.25, 0.3) is 10.9 Å². The van der Waals surface area contributed by atoms with Crippen LogP contribution in [0.3, 0.4) is 0 Å². The molecule has 1 heterocycles. The number of nitrogens with zero attached hydrogens (tertiary/aromatic N) is 1. The molecule has 19 heavy (non-hydrogen) atoms. The summed E-state index contributed by atoms with van der Waals surface area (Å²) in [5.41, 5.74) is 0.106. The van der Waals surface area contributed by atoms with Gasteiger partial charge in [0.1, 0.15) is 5.75 Å². The molecule has 0 spiro atoms. The zero-order valence-corrected chi connectivity index (χ0v) is 10.4. The van der Waals surface area contributed by atoms with Gasteiger partial charge in [-0.15, -0.1) is 0 Å². The van der Waals surface area contributed by atoms with Crippen molar-refractivity contribution in [1.82, 2.24) is 4.98 Å². The highest BCUT2D eigenvalue weighted by Crippen LogP contribution is 2.27. The van der Waals surface area contributed by atoms with E-state index in [1.165, 1.54) is 13.2 Å². The number of esters is 1. The van der Waals surface area contributed by atoms with Crippen molar-refractivity contribution in [2.24, 2.45) is 0 Å². The predicted molar refractivity (Wildman–Crippen MR) is 64.2 cm³/mol. The Morgan fingerprint density at radius 3 is 2.58 bits per heavy atom. The number of carbonyl (C=O) groups excluding carboxylic acids is 1. The highest BCUT2D eigenvalue weighted by Gasteiger charge is 2.15. The standard InChI is InChI=1S/C13H11F2NO3/c1-3-19-12-6-11(13(17)18-2)16-10-5-9(15)8(14)4-7(10)12/h4-6H,3H2,1-2H3. The number of pyridine rings is 1. The number of rotatable bonds is 3. The number of methoxy groups -OCH3 is 1. The number of hydrogen-bond donors (Lipinski definition) is 0. The molecule has 0 aliphatic carbocycles. The number of fused-ring (bicyclic) bond motifs is 1. The van der Waals surface area contributed by atoms with E-state index in [0.717, 1.165) is 12.1 Å². The summed E-state index contributed by atoms with van der Waals surface area (Å²) in [5.74, 6) is -2.45. The van der Waals surface area contributed by atoms with Crippen LogP contribution in [0, 0.1) is 11.6 Å². The van der Waals surface area contributed by atoms with Crippen LogP contribution in [0.2, 0.25) is 0 Å². The molecule has 100 valence electrons. The van der Waals surface area contributed by atoms with Gasteiger partial charge in [0.15, 0.2) is 17.3 Å². The molecule has 1 aromatic heterocycles. The van der Waals surface area contributed by atoms with E-state index >= 15 is 0 Å². The molecule has 0 radical (unpaired) electrons. The van der Waals surface area contributed by atoms with E-state index < -0.39 is 17.6 Å². The molecule has 0 aliphatic rings. The maximum Gasteiger partial charge on any atom is 0.356 e. The molecule has 6 heteroatoms. The third kappa shape index (κ3) is 2.47. The lowest BCUT2D eigenvalue weighted by Crippen LogP contribution is -2.06.